The lowest BCUT2D eigenvalue weighted by molar-refractivity contribution is 0.268. The van der Waals surface area contributed by atoms with E-state index < -0.39 is 8.38 Å². The number of hydrogen-bond acceptors (Lipinski definition) is 3. The van der Waals surface area contributed by atoms with Crippen molar-refractivity contribution in [1.29, 1.82) is 0 Å². The highest BCUT2D eigenvalue weighted by Crippen LogP contribution is 2.41. The van der Waals surface area contributed by atoms with E-state index in [0.717, 1.165) is 19.4 Å². The SMILES string of the molecule is CCOP(Cc1ccccc1)OCC.S=CS. The Kier molecular flexibility index (Phi) is 12.5. The van der Waals surface area contributed by atoms with E-state index in [1.54, 1.807) is 0 Å². The van der Waals surface area contributed by atoms with Crippen LogP contribution in [0.5, 0.6) is 0 Å². The van der Waals surface area contributed by atoms with Crippen molar-refractivity contribution in [3.63, 3.8) is 0 Å². The lowest BCUT2D eigenvalue weighted by Gasteiger charge is -2.15. The van der Waals surface area contributed by atoms with Crippen molar-refractivity contribution in [3.05, 3.63) is 35.9 Å². The summed E-state index contributed by atoms with van der Waals surface area (Å²) in [5.74, 6) is 0. The number of thiol groups is 1. The van der Waals surface area contributed by atoms with Gasteiger partial charge in [0.15, 0.2) is 8.38 Å². The van der Waals surface area contributed by atoms with E-state index in [9.17, 15) is 0 Å². The fourth-order valence-corrected chi connectivity index (χ4v) is 2.49. The van der Waals surface area contributed by atoms with Gasteiger partial charge in [0.2, 0.25) is 0 Å². The van der Waals surface area contributed by atoms with Crippen molar-refractivity contribution in [3.8, 4) is 0 Å². The molecule has 0 spiro atoms. The molecule has 17 heavy (non-hydrogen) atoms. The molecule has 0 atom stereocenters. The van der Waals surface area contributed by atoms with Crippen LogP contribution in [0.3, 0.4) is 0 Å². The molecule has 1 rings (SSSR count). The van der Waals surface area contributed by atoms with Gasteiger partial charge in [-0.2, -0.15) is 0 Å². The Bertz CT molecular complexity index is 277. The minimum atomic E-state index is -0.737. The highest BCUT2D eigenvalue weighted by Gasteiger charge is 2.09. The molecule has 0 saturated heterocycles. The Morgan fingerprint density at radius 3 is 2.06 bits per heavy atom. The van der Waals surface area contributed by atoms with Crippen molar-refractivity contribution >= 4 is 37.9 Å². The van der Waals surface area contributed by atoms with Gasteiger partial charge >= 0.3 is 0 Å². The average Bonchev–Trinajstić information content (AvgIpc) is 2.32. The Morgan fingerprint density at radius 2 is 1.65 bits per heavy atom. The van der Waals surface area contributed by atoms with Gasteiger partial charge in [-0.15, -0.1) is 12.6 Å². The summed E-state index contributed by atoms with van der Waals surface area (Å²) in [6.45, 7) is 5.44. The number of hydrogen-bond donors (Lipinski definition) is 1. The van der Waals surface area contributed by atoms with Crippen LogP contribution in [-0.2, 0) is 15.2 Å². The first-order valence-corrected chi connectivity index (χ1v) is 7.78. The second kappa shape index (κ2) is 12.5. The first-order chi connectivity index (χ1) is 8.28. The maximum Gasteiger partial charge on any atom is 0.175 e. The van der Waals surface area contributed by atoms with Crippen LogP contribution in [0.2, 0.25) is 0 Å². The second-order valence-corrected chi connectivity index (χ2v) is 5.26. The highest BCUT2D eigenvalue weighted by atomic mass is 32.1. The Morgan fingerprint density at radius 1 is 1.18 bits per heavy atom. The van der Waals surface area contributed by atoms with E-state index in [-0.39, 0.29) is 0 Å². The largest absolute Gasteiger partial charge is 0.334 e. The third-order valence-corrected chi connectivity index (χ3v) is 3.42. The topological polar surface area (TPSA) is 18.5 Å². The molecule has 0 unspecified atom stereocenters. The highest BCUT2D eigenvalue weighted by molar-refractivity contribution is 8.08. The molecule has 1 aromatic carbocycles. The third-order valence-electron chi connectivity index (χ3n) is 1.70. The maximum atomic E-state index is 5.53. The summed E-state index contributed by atoms with van der Waals surface area (Å²) in [5.41, 5.74) is 1.28. The molecule has 0 aliphatic carbocycles. The van der Waals surface area contributed by atoms with E-state index in [2.05, 4.69) is 37.0 Å². The fourth-order valence-electron chi connectivity index (χ4n) is 1.15. The predicted molar refractivity (Wildman–Crippen MR) is 83.0 cm³/mol. The molecule has 0 aliphatic rings. The summed E-state index contributed by atoms with van der Waals surface area (Å²) < 4.78 is 12.3. The quantitative estimate of drug-likeness (QED) is 0.474. The monoisotopic (exact) mass is 290 g/mol. The van der Waals surface area contributed by atoms with Gasteiger partial charge in [-0.05, 0) is 19.4 Å². The zero-order chi connectivity index (χ0) is 12.9. The number of benzene rings is 1. The number of thiocarbonyl (C=S) groups is 1. The molecule has 0 radical (unpaired) electrons. The lowest BCUT2D eigenvalue weighted by atomic mass is 10.2. The van der Waals surface area contributed by atoms with E-state index in [0.29, 0.717) is 0 Å². The van der Waals surface area contributed by atoms with Crippen molar-refractivity contribution in [1.82, 2.24) is 0 Å². The van der Waals surface area contributed by atoms with Gasteiger partial charge in [-0.1, -0.05) is 42.5 Å². The minimum Gasteiger partial charge on any atom is -0.334 e. The van der Waals surface area contributed by atoms with E-state index >= 15 is 0 Å². The van der Waals surface area contributed by atoms with Crippen LogP contribution in [-0.4, -0.2) is 17.9 Å². The third kappa shape index (κ3) is 9.69. The zero-order valence-corrected chi connectivity index (χ0v) is 12.8. The molecule has 0 aliphatic heterocycles. The van der Waals surface area contributed by atoms with Gasteiger partial charge in [-0.3, -0.25) is 0 Å². The van der Waals surface area contributed by atoms with Crippen LogP contribution in [0.15, 0.2) is 30.3 Å². The maximum absolute atomic E-state index is 5.53. The van der Waals surface area contributed by atoms with Crippen LogP contribution < -0.4 is 0 Å². The molecule has 0 amide bonds. The molecule has 0 saturated carbocycles. The first kappa shape index (κ1) is 17.0. The zero-order valence-electron chi connectivity index (χ0n) is 10.2. The molecular formula is C12H19O2PS2. The standard InChI is InChI=1S/C11H17O2P.CH2S2/c1-3-12-14(13-4-2)10-11-8-6-5-7-9-11;2-1-3/h5-9H,3-4,10H2,1-2H3;1H,(H,2,3). The Labute approximate surface area is 116 Å². The molecule has 0 bridgehead atoms. The molecule has 5 heteroatoms. The predicted octanol–water partition coefficient (Wildman–Crippen LogP) is 4.44. The molecule has 2 nitrogen and oxygen atoms in total. The second-order valence-electron chi connectivity index (χ2n) is 2.92. The summed E-state index contributed by atoms with van der Waals surface area (Å²) in [7, 11) is -0.737. The van der Waals surface area contributed by atoms with E-state index in [1.807, 2.05) is 32.0 Å². The van der Waals surface area contributed by atoms with Gasteiger partial charge < -0.3 is 9.05 Å². The molecule has 0 heterocycles. The first-order valence-electron chi connectivity index (χ1n) is 5.43. The molecule has 0 N–H and O–H groups in total. The normalized spacial score (nSPS) is 9.65. The van der Waals surface area contributed by atoms with Crippen LogP contribution >= 0.6 is 33.2 Å². The molecule has 96 valence electrons. The smallest absolute Gasteiger partial charge is 0.175 e. The van der Waals surface area contributed by atoms with Crippen LogP contribution in [0, 0.1) is 0 Å². The molecule has 1 aromatic rings. The van der Waals surface area contributed by atoms with Crippen LogP contribution in [0.4, 0.5) is 0 Å². The summed E-state index contributed by atoms with van der Waals surface area (Å²) in [5, 5.41) is 0. The van der Waals surface area contributed by atoms with Gasteiger partial charge in [0.05, 0.1) is 13.2 Å². The Balaban J connectivity index is 0.000000770. The lowest BCUT2D eigenvalue weighted by Crippen LogP contribution is -1.93. The van der Waals surface area contributed by atoms with Gasteiger partial charge in [0.25, 0.3) is 0 Å². The van der Waals surface area contributed by atoms with Crippen LogP contribution in [0.1, 0.15) is 19.4 Å². The molecule has 0 fully saturated rings. The van der Waals surface area contributed by atoms with Gasteiger partial charge in [0.1, 0.15) is 0 Å². The molecule has 0 aromatic heterocycles. The summed E-state index contributed by atoms with van der Waals surface area (Å²) in [6, 6.07) is 10.3. The summed E-state index contributed by atoms with van der Waals surface area (Å²) in [6.07, 6.45) is 0.887. The van der Waals surface area contributed by atoms with E-state index in [4.69, 9.17) is 9.05 Å². The molecular weight excluding hydrogens is 271 g/mol. The van der Waals surface area contributed by atoms with Crippen molar-refractivity contribution in [2.24, 2.45) is 0 Å². The fraction of sp³-hybridized carbons (Fsp3) is 0.417. The van der Waals surface area contributed by atoms with Gasteiger partial charge in [0, 0.05) is 10.9 Å². The van der Waals surface area contributed by atoms with Crippen molar-refractivity contribution in [2.75, 3.05) is 13.2 Å². The van der Waals surface area contributed by atoms with Crippen molar-refractivity contribution in [2.45, 2.75) is 20.0 Å². The number of rotatable bonds is 6. The Hall–Kier alpha value is 0.0100. The van der Waals surface area contributed by atoms with Crippen molar-refractivity contribution < 1.29 is 9.05 Å². The minimum absolute atomic E-state index is 0.721. The summed E-state index contributed by atoms with van der Waals surface area (Å²) >= 11 is 7.61. The van der Waals surface area contributed by atoms with Crippen LogP contribution in [0.25, 0.3) is 0 Å². The van der Waals surface area contributed by atoms with Gasteiger partial charge in [-0.25, -0.2) is 0 Å². The summed E-state index contributed by atoms with van der Waals surface area (Å²) in [4.78, 5) is 0. The van der Waals surface area contributed by atoms with E-state index in [1.165, 1.54) is 10.3 Å². The average molecular weight is 290 g/mol.